The van der Waals surface area contributed by atoms with E-state index in [1.54, 1.807) is 0 Å². The lowest BCUT2D eigenvalue weighted by Crippen LogP contribution is -2.50. The third-order valence-corrected chi connectivity index (χ3v) is 13.4. The van der Waals surface area contributed by atoms with Crippen LogP contribution in [0.1, 0.15) is 92.6 Å². The molecule has 2 nitrogen and oxygen atoms in total. The van der Waals surface area contributed by atoms with Gasteiger partial charge in [0.1, 0.15) is 0 Å². The first-order valence-corrected chi connectivity index (χ1v) is 15.0. The van der Waals surface area contributed by atoms with Gasteiger partial charge >= 0.3 is 0 Å². The lowest BCUT2D eigenvalue weighted by Gasteiger charge is -2.45. The highest BCUT2D eigenvalue weighted by Crippen LogP contribution is 2.45. The van der Waals surface area contributed by atoms with Crippen molar-refractivity contribution in [3.63, 3.8) is 0 Å². The van der Waals surface area contributed by atoms with Crippen molar-refractivity contribution in [2.45, 2.75) is 122 Å². The summed E-state index contributed by atoms with van der Waals surface area (Å²) in [4.78, 5) is 0. The van der Waals surface area contributed by atoms with E-state index in [0.717, 1.165) is 6.42 Å². The summed E-state index contributed by atoms with van der Waals surface area (Å²) in [6.07, 6.45) is 12.6. The van der Waals surface area contributed by atoms with E-state index in [2.05, 4.69) is 91.0 Å². The molecule has 0 bridgehead atoms. The monoisotopic (exact) mass is 444 g/mol. The fourth-order valence-corrected chi connectivity index (χ4v) is 11.3. The van der Waals surface area contributed by atoms with Gasteiger partial charge in [0.05, 0.1) is 18.8 Å². The van der Waals surface area contributed by atoms with Gasteiger partial charge in [-0.1, -0.05) is 110 Å². The average Bonchev–Trinajstić information content (AvgIpc) is 3.18. The molecular weight excluding hydrogens is 396 g/mol. The minimum atomic E-state index is -1.84. The minimum absolute atomic E-state index is 0.198. The van der Waals surface area contributed by atoms with Crippen LogP contribution in [-0.4, -0.2) is 20.5 Å². The molecule has 0 heterocycles. The van der Waals surface area contributed by atoms with Gasteiger partial charge < -0.3 is 9.16 Å². The van der Waals surface area contributed by atoms with Gasteiger partial charge in [-0.3, -0.25) is 0 Å². The molecule has 31 heavy (non-hydrogen) atoms. The molecule has 1 aliphatic carbocycles. The Morgan fingerprint density at radius 2 is 1.61 bits per heavy atom. The lowest BCUT2D eigenvalue weighted by molar-refractivity contribution is 0.0642. The number of benzene rings is 1. The lowest BCUT2D eigenvalue weighted by atomic mass is 10.0. The topological polar surface area (TPSA) is 18.5 Å². The Morgan fingerprint density at radius 1 is 0.968 bits per heavy atom. The number of hydrogen-bond acceptors (Lipinski definition) is 2. The average molecular weight is 445 g/mol. The number of rotatable bonds is 13. The first-order valence-electron chi connectivity index (χ1n) is 12.8. The van der Waals surface area contributed by atoms with E-state index in [4.69, 9.17) is 9.16 Å². The second-order valence-electron chi connectivity index (χ2n) is 10.4. The summed E-state index contributed by atoms with van der Waals surface area (Å²) in [6.45, 7) is 17.3. The van der Waals surface area contributed by atoms with E-state index in [1.165, 1.54) is 37.7 Å². The molecule has 3 atom stereocenters. The first-order chi connectivity index (χ1) is 14.8. The summed E-state index contributed by atoms with van der Waals surface area (Å²) in [5.41, 5.74) is 3.18. The van der Waals surface area contributed by atoms with Crippen molar-refractivity contribution in [3.05, 3.63) is 48.0 Å². The largest absolute Gasteiger partial charge is 0.413 e. The maximum Gasteiger partial charge on any atom is 0.200 e. The Balaban J connectivity index is 2.07. The van der Waals surface area contributed by atoms with Gasteiger partial charge in [0.2, 0.25) is 8.32 Å². The second-order valence-corrected chi connectivity index (χ2v) is 15.8. The van der Waals surface area contributed by atoms with Crippen molar-refractivity contribution in [1.82, 2.24) is 0 Å². The Labute approximate surface area is 193 Å². The minimum Gasteiger partial charge on any atom is -0.413 e. The van der Waals surface area contributed by atoms with Crippen LogP contribution in [0.4, 0.5) is 0 Å². The second kappa shape index (κ2) is 13.0. The van der Waals surface area contributed by atoms with Crippen molar-refractivity contribution in [2.75, 3.05) is 0 Å². The van der Waals surface area contributed by atoms with E-state index >= 15 is 0 Å². The molecule has 0 radical (unpaired) electrons. The van der Waals surface area contributed by atoms with Crippen LogP contribution >= 0.6 is 0 Å². The molecular formula is C28H48O2Si. The summed E-state index contributed by atoms with van der Waals surface area (Å²) in [5, 5.41) is 0. The zero-order chi connectivity index (χ0) is 22.9. The molecule has 3 heteroatoms. The van der Waals surface area contributed by atoms with Gasteiger partial charge in [0, 0.05) is 5.92 Å². The standard InChI is InChI=1S/C28H48O2Si/c1-8-9-17-27(29-21-25-14-11-10-12-15-25)20-19-26-16-13-18-28(26)30-31(22(2)3,23(4)5)24(6)7/h10-12,14-15,19-20,22-24,26-28H,8-9,13,16-18,21H2,1-7H3/b20-19+/t26-,27+,28+/m1/s1. The first kappa shape index (κ1) is 26.4. The highest BCUT2D eigenvalue weighted by atomic mass is 28.4. The molecule has 1 saturated carbocycles. The molecule has 1 aliphatic rings. The summed E-state index contributed by atoms with van der Waals surface area (Å²) in [7, 11) is -1.84. The predicted octanol–water partition coefficient (Wildman–Crippen LogP) is 8.68. The molecule has 0 unspecified atom stereocenters. The molecule has 0 amide bonds. The molecule has 0 spiro atoms. The third kappa shape index (κ3) is 7.30. The molecule has 176 valence electrons. The van der Waals surface area contributed by atoms with Gasteiger partial charge in [0.25, 0.3) is 0 Å². The Hall–Kier alpha value is -0.903. The summed E-state index contributed by atoms with van der Waals surface area (Å²) >= 11 is 0. The number of hydrogen-bond donors (Lipinski definition) is 0. The Bertz CT molecular complexity index is 616. The van der Waals surface area contributed by atoms with Crippen LogP contribution in [0.25, 0.3) is 0 Å². The fourth-order valence-electron chi connectivity index (χ4n) is 5.68. The van der Waals surface area contributed by atoms with Gasteiger partial charge in [-0.05, 0) is 41.4 Å². The van der Waals surface area contributed by atoms with Crippen LogP contribution in [0.5, 0.6) is 0 Å². The Morgan fingerprint density at radius 3 is 2.19 bits per heavy atom. The maximum atomic E-state index is 7.19. The molecule has 0 aromatic heterocycles. The van der Waals surface area contributed by atoms with Crippen LogP contribution < -0.4 is 0 Å². The van der Waals surface area contributed by atoms with Gasteiger partial charge in [-0.2, -0.15) is 0 Å². The van der Waals surface area contributed by atoms with E-state index in [9.17, 15) is 0 Å². The Kier molecular flexibility index (Phi) is 11.0. The highest BCUT2D eigenvalue weighted by Gasteiger charge is 2.47. The molecule has 1 fully saturated rings. The zero-order valence-corrected chi connectivity index (χ0v) is 22.3. The van der Waals surface area contributed by atoms with Crippen LogP contribution in [0.2, 0.25) is 16.6 Å². The maximum absolute atomic E-state index is 7.19. The summed E-state index contributed by atoms with van der Waals surface area (Å²) in [5.74, 6) is 0.535. The quantitative estimate of drug-likeness (QED) is 0.224. The van der Waals surface area contributed by atoms with Crippen molar-refractivity contribution >= 4 is 8.32 Å². The van der Waals surface area contributed by atoms with E-state index < -0.39 is 8.32 Å². The van der Waals surface area contributed by atoms with Crippen molar-refractivity contribution in [1.29, 1.82) is 0 Å². The summed E-state index contributed by atoms with van der Waals surface area (Å²) < 4.78 is 13.5. The predicted molar refractivity (Wildman–Crippen MR) is 137 cm³/mol. The number of unbranched alkanes of at least 4 members (excludes halogenated alkanes) is 1. The number of ether oxygens (including phenoxy) is 1. The van der Waals surface area contributed by atoms with Gasteiger partial charge in [-0.25, -0.2) is 0 Å². The molecule has 1 aromatic carbocycles. The van der Waals surface area contributed by atoms with Gasteiger partial charge in [-0.15, -0.1) is 0 Å². The van der Waals surface area contributed by atoms with E-state index in [0.29, 0.717) is 35.3 Å². The summed E-state index contributed by atoms with van der Waals surface area (Å²) in [6, 6.07) is 10.5. The molecule has 0 aliphatic heterocycles. The fraction of sp³-hybridized carbons (Fsp3) is 0.714. The molecule has 1 aromatic rings. The van der Waals surface area contributed by atoms with Crippen LogP contribution in [0.3, 0.4) is 0 Å². The highest BCUT2D eigenvalue weighted by molar-refractivity contribution is 6.77. The smallest absolute Gasteiger partial charge is 0.200 e. The molecule has 2 rings (SSSR count). The van der Waals surface area contributed by atoms with Crippen molar-refractivity contribution in [2.24, 2.45) is 5.92 Å². The van der Waals surface area contributed by atoms with Crippen molar-refractivity contribution < 1.29 is 9.16 Å². The molecule has 0 N–H and O–H groups in total. The van der Waals surface area contributed by atoms with Crippen LogP contribution in [0.15, 0.2) is 42.5 Å². The zero-order valence-electron chi connectivity index (χ0n) is 21.3. The van der Waals surface area contributed by atoms with Crippen LogP contribution in [0, 0.1) is 5.92 Å². The third-order valence-electron chi connectivity index (χ3n) is 7.29. The van der Waals surface area contributed by atoms with Crippen molar-refractivity contribution in [3.8, 4) is 0 Å². The SMILES string of the molecule is CCCC[C@@H](/C=C/[C@H]1CCC[C@@H]1O[Si](C(C)C)(C(C)C)C(C)C)OCc1ccccc1. The normalized spacial score (nSPS) is 21.1. The molecule has 0 saturated heterocycles. The van der Waals surface area contributed by atoms with Crippen LogP contribution in [-0.2, 0) is 15.8 Å². The van der Waals surface area contributed by atoms with Gasteiger partial charge in [0.15, 0.2) is 0 Å². The van der Waals surface area contributed by atoms with E-state index in [-0.39, 0.29) is 6.10 Å². The van der Waals surface area contributed by atoms with E-state index in [1.807, 2.05) is 0 Å².